The number of hydrogen-bond donors (Lipinski definition) is 1. The van der Waals surface area contributed by atoms with Gasteiger partial charge in [-0.1, -0.05) is 6.92 Å². The normalized spacial score (nSPS) is 14.6. The van der Waals surface area contributed by atoms with Gasteiger partial charge in [-0.25, -0.2) is 19.2 Å². The molecule has 0 radical (unpaired) electrons. The predicted molar refractivity (Wildman–Crippen MR) is 95.8 cm³/mol. The van der Waals surface area contributed by atoms with Crippen molar-refractivity contribution in [3.8, 4) is 11.3 Å². The zero-order valence-electron chi connectivity index (χ0n) is 13.4. The van der Waals surface area contributed by atoms with E-state index in [9.17, 15) is 9.18 Å². The second-order valence-corrected chi connectivity index (χ2v) is 7.16. The number of benzene rings is 1. The van der Waals surface area contributed by atoms with E-state index in [1.165, 1.54) is 6.07 Å². The minimum atomic E-state index is -0.405. The third-order valence-corrected chi connectivity index (χ3v) is 4.53. The molecule has 4 rings (SSSR count). The van der Waals surface area contributed by atoms with E-state index in [4.69, 9.17) is 0 Å². The Kier molecular flexibility index (Phi) is 3.91. The maximum absolute atomic E-state index is 14.3. The number of urea groups is 1. The van der Waals surface area contributed by atoms with Crippen molar-refractivity contribution in [3.63, 3.8) is 0 Å². The average Bonchev–Trinajstić information content (AvgIpc) is 2.96. The first-order valence-corrected chi connectivity index (χ1v) is 8.65. The van der Waals surface area contributed by atoms with Crippen LogP contribution in [0.25, 0.3) is 17.0 Å². The Morgan fingerprint density at radius 1 is 1.36 bits per heavy atom. The van der Waals surface area contributed by atoms with Gasteiger partial charge in [0, 0.05) is 42.9 Å². The standard InChI is InChI=1S/C17H15BrFN5O/c1-10-6-24(7-10)17(25)21-12-2-3-14(19)13(4-12)15-9-23-8-11(18)5-20-16(23)22-15/h2-5,8-10H,6-7H2,1H3,(H,21,25). The van der Waals surface area contributed by atoms with Crippen molar-refractivity contribution >= 4 is 33.4 Å². The molecule has 1 fully saturated rings. The van der Waals surface area contributed by atoms with Crippen molar-refractivity contribution in [1.29, 1.82) is 0 Å². The van der Waals surface area contributed by atoms with Gasteiger partial charge in [-0.3, -0.25) is 4.40 Å². The third kappa shape index (κ3) is 3.09. The van der Waals surface area contributed by atoms with E-state index >= 15 is 0 Å². The van der Waals surface area contributed by atoms with Gasteiger partial charge in [0.05, 0.1) is 10.2 Å². The van der Waals surface area contributed by atoms with Crippen molar-refractivity contribution in [3.05, 3.63) is 47.1 Å². The van der Waals surface area contributed by atoms with Crippen LogP contribution in [0.2, 0.25) is 0 Å². The quantitative estimate of drug-likeness (QED) is 0.707. The first kappa shape index (κ1) is 16.0. The highest BCUT2D eigenvalue weighted by Gasteiger charge is 2.27. The van der Waals surface area contributed by atoms with Crippen LogP contribution >= 0.6 is 15.9 Å². The summed E-state index contributed by atoms with van der Waals surface area (Å²) in [5, 5.41) is 2.81. The monoisotopic (exact) mass is 403 g/mol. The molecule has 3 heterocycles. The summed E-state index contributed by atoms with van der Waals surface area (Å²) >= 11 is 3.34. The van der Waals surface area contributed by atoms with Gasteiger partial charge >= 0.3 is 6.03 Å². The molecule has 0 atom stereocenters. The molecule has 0 bridgehead atoms. The van der Waals surface area contributed by atoms with E-state index in [0.717, 1.165) is 17.6 Å². The number of carbonyl (C=O) groups excluding carboxylic acids is 1. The molecule has 3 aromatic rings. The van der Waals surface area contributed by atoms with Gasteiger partial charge in [0.1, 0.15) is 5.82 Å². The molecule has 2 amide bonds. The van der Waals surface area contributed by atoms with Crippen molar-refractivity contribution in [2.24, 2.45) is 5.92 Å². The molecule has 0 aliphatic carbocycles. The SMILES string of the molecule is CC1CN(C(=O)Nc2ccc(F)c(-c3cn4cc(Br)cnc4n3)c2)C1. The summed E-state index contributed by atoms with van der Waals surface area (Å²) in [4.78, 5) is 22.4. The lowest BCUT2D eigenvalue weighted by atomic mass is 10.0. The van der Waals surface area contributed by atoms with E-state index in [1.807, 2.05) is 0 Å². The Morgan fingerprint density at radius 2 is 2.16 bits per heavy atom. The zero-order valence-corrected chi connectivity index (χ0v) is 15.0. The van der Waals surface area contributed by atoms with Crippen LogP contribution in [0.4, 0.5) is 14.9 Å². The molecule has 0 unspecified atom stereocenters. The highest BCUT2D eigenvalue weighted by Crippen LogP contribution is 2.26. The number of likely N-dealkylation sites (tertiary alicyclic amines) is 1. The highest BCUT2D eigenvalue weighted by molar-refractivity contribution is 9.10. The summed E-state index contributed by atoms with van der Waals surface area (Å²) in [7, 11) is 0. The van der Waals surface area contributed by atoms with E-state index in [0.29, 0.717) is 28.6 Å². The van der Waals surface area contributed by atoms with Crippen LogP contribution in [0.3, 0.4) is 0 Å². The first-order chi connectivity index (χ1) is 12.0. The molecule has 1 aliphatic heterocycles. The molecule has 1 aliphatic rings. The summed E-state index contributed by atoms with van der Waals surface area (Å²) in [5.41, 5.74) is 1.31. The molecule has 1 aromatic carbocycles. The molecular formula is C17H15BrFN5O. The molecule has 2 aromatic heterocycles. The smallest absolute Gasteiger partial charge is 0.321 e. The number of rotatable bonds is 2. The number of anilines is 1. The summed E-state index contributed by atoms with van der Waals surface area (Å²) in [6.45, 7) is 3.58. The Labute approximate surface area is 151 Å². The minimum Gasteiger partial charge on any atom is -0.324 e. The van der Waals surface area contributed by atoms with Crippen molar-refractivity contribution in [2.45, 2.75) is 6.92 Å². The zero-order chi connectivity index (χ0) is 17.6. The summed E-state index contributed by atoms with van der Waals surface area (Å²) in [5.74, 6) is 0.596. The molecule has 0 saturated carbocycles. The molecular weight excluding hydrogens is 389 g/mol. The van der Waals surface area contributed by atoms with E-state index in [2.05, 4.69) is 38.1 Å². The summed E-state index contributed by atoms with van der Waals surface area (Å²) in [6.07, 6.45) is 5.13. The lowest BCUT2D eigenvalue weighted by Gasteiger charge is -2.37. The maximum Gasteiger partial charge on any atom is 0.321 e. The summed E-state index contributed by atoms with van der Waals surface area (Å²) < 4.78 is 16.8. The lowest BCUT2D eigenvalue weighted by molar-refractivity contribution is 0.141. The number of nitrogens with one attached hydrogen (secondary N) is 1. The molecule has 128 valence electrons. The Morgan fingerprint density at radius 3 is 2.92 bits per heavy atom. The fraction of sp³-hybridized carbons (Fsp3) is 0.235. The van der Waals surface area contributed by atoms with Crippen molar-refractivity contribution in [1.82, 2.24) is 19.3 Å². The van der Waals surface area contributed by atoms with Crippen molar-refractivity contribution < 1.29 is 9.18 Å². The second-order valence-electron chi connectivity index (χ2n) is 6.24. The topological polar surface area (TPSA) is 62.5 Å². The summed E-state index contributed by atoms with van der Waals surface area (Å²) in [6, 6.07) is 4.30. The van der Waals surface area contributed by atoms with E-state index < -0.39 is 5.82 Å². The predicted octanol–water partition coefficient (Wildman–Crippen LogP) is 3.78. The molecule has 6 nitrogen and oxygen atoms in total. The van der Waals surface area contributed by atoms with Gasteiger partial charge in [0.2, 0.25) is 5.78 Å². The van der Waals surface area contributed by atoms with Crippen LogP contribution < -0.4 is 5.32 Å². The molecule has 1 N–H and O–H groups in total. The Bertz CT molecular complexity index is 967. The number of aromatic nitrogens is 3. The Hall–Kier alpha value is -2.48. The van der Waals surface area contributed by atoms with E-state index in [-0.39, 0.29) is 6.03 Å². The number of hydrogen-bond acceptors (Lipinski definition) is 3. The lowest BCUT2D eigenvalue weighted by Crippen LogP contribution is -2.50. The van der Waals surface area contributed by atoms with Gasteiger partial charge in [-0.15, -0.1) is 0 Å². The second kappa shape index (κ2) is 6.11. The number of carbonyl (C=O) groups is 1. The maximum atomic E-state index is 14.3. The number of amides is 2. The largest absolute Gasteiger partial charge is 0.324 e. The number of nitrogens with zero attached hydrogens (tertiary/aromatic N) is 4. The van der Waals surface area contributed by atoms with Gasteiger partial charge in [0.25, 0.3) is 0 Å². The van der Waals surface area contributed by atoms with Crippen LogP contribution in [0, 0.1) is 11.7 Å². The number of fused-ring (bicyclic) bond motifs is 1. The van der Waals surface area contributed by atoms with Crippen LogP contribution in [0.5, 0.6) is 0 Å². The van der Waals surface area contributed by atoms with Crippen LogP contribution in [-0.2, 0) is 0 Å². The third-order valence-electron chi connectivity index (χ3n) is 4.12. The van der Waals surface area contributed by atoms with Crippen LogP contribution in [-0.4, -0.2) is 38.4 Å². The molecule has 25 heavy (non-hydrogen) atoms. The van der Waals surface area contributed by atoms with Gasteiger partial charge in [0.15, 0.2) is 0 Å². The van der Waals surface area contributed by atoms with Gasteiger partial charge < -0.3 is 10.2 Å². The number of halogens is 2. The van der Waals surface area contributed by atoms with Gasteiger partial charge in [-0.05, 0) is 40.0 Å². The fourth-order valence-corrected chi connectivity index (χ4v) is 3.18. The fourth-order valence-electron chi connectivity index (χ4n) is 2.86. The van der Waals surface area contributed by atoms with Crippen molar-refractivity contribution in [2.75, 3.05) is 18.4 Å². The van der Waals surface area contributed by atoms with Gasteiger partial charge in [-0.2, -0.15) is 0 Å². The first-order valence-electron chi connectivity index (χ1n) is 7.86. The minimum absolute atomic E-state index is 0.170. The highest BCUT2D eigenvalue weighted by atomic mass is 79.9. The Balaban J connectivity index is 1.63. The van der Waals surface area contributed by atoms with Crippen LogP contribution in [0.1, 0.15) is 6.92 Å². The van der Waals surface area contributed by atoms with Crippen LogP contribution in [0.15, 0.2) is 41.3 Å². The average molecular weight is 404 g/mol. The molecule has 1 saturated heterocycles. The molecule has 8 heteroatoms. The molecule has 0 spiro atoms. The van der Waals surface area contributed by atoms with E-state index in [1.54, 1.807) is 40.0 Å². The number of imidazole rings is 1.